The minimum absolute atomic E-state index is 0.0604. The van der Waals surface area contributed by atoms with Crippen molar-refractivity contribution in [2.75, 3.05) is 19.5 Å². The third-order valence-corrected chi connectivity index (χ3v) is 3.75. The van der Waals surface area contributed by atoms with Crippen molar-refractivity contribution in [2.24, 2.45) is 0 Å². The zero-order valence-corrected chi connectivity index (χ0v) is 16.1. The number of hydrogen-bond acceptors (Lipinski definition) is 7. The van der Waals surface area contributed by atoms with E-state index in [-0.39, 0.29) is 18.8 Å². The number of methoxy groups -OCH3 is 2. The molecule has 2 aromatic carbocycles. The molecule has 0 aliphatic rings. The summed E-state index contributed by atoms with van der Waals surface area (Å²) in [4.78, 5) is 34.9. The zero-order chi connectivity index (χ0) is 21.1. The third kappa shape index (κ3) is 7.37. The van der Waals surface area contributed by atoms with Crippen LogP contribution in [-0.4, -0.2) is 32.3 Å². The number of nitrogens with one attached hydrogen (secondary N) is 2. The van der Waals surface area contributed by atoms with E-state index in [4.69, 9.17) is 4.74 Å². The number of esters is 2. The van der Waals surface area contributed by atoms with Gasteiger partial charge in [-0.25, -0.2) is 14.4 Å². The molecule has 0 aliphatic carbocycles. The topological polar surface area (TPSA) is 103 Å². The van der Waals surface area contributed by atoms with E-state index in [1.54, 1.807) is 24.3 Å². The molecule has 0 atom stereocenters. The molecular formula is C21H22N2O6. The van der Waals surface area contributed by atoms with Gasteiger partial charge < -0.3 is 24.8 Å². The highest BCUT2D eigenvalue weighted by Crippen LogP contribution is 2.13. The molecule has 0 fully saturated rings. The zero-order valence-electron chi connectivity index (χ0n) is 16.1. The quantitative estimate of drug-likeness (QED) is 0.400. The highest BCUT2D eigenvalue weighted by Gasteiger charge is 2.12. The fraction of sp³-hybridized carbons (Fsp3) is 0.190. The van der Waals surface area contributed by atoms with Gasteiger partial charge in [-0.3, -0.25) is 0 Å². The van der Waals surface area contributed by atoms with Gasteiger partial charge in [0.1, 0.15) is 12.3 Å². The Hall–Kier alpha value is -3.81. The van der Waals surface area contributed by atoms with E-state index >= 15 is 0 Å². The van der Waals surface area contributed by atoms with E-state index in [2.05, 4.69) is 20.1 Å². The molecule has 0 saturated heterocycles. The summed E-state index contributed by atoms with van der Waals surface area (Å²) in [5.41, 5.74) is 2.22. The normalized spacial score (nSPS) is 10.6. The molecule has 8 heteroatoms. The van der Waals surface area contributed by atoms with E-state index in [0.717, 1.165) is 17.2 Å². The van der Waals surface area contributed by atoms with Gasteiger partial charge in [-0.05, 0) is 23.3 Å². The molecule has 2 aromatic rings. The van der Waals surface area contributed by atoms with Crippen molar-refractivity contribution in [3.8, 4) is 0 Å². The van der Waals surface area contributed by atoms with Crippen LogP contribution in [0.4, 0.5) is 10.5 Å². The van der Waals surface area contributed by atoms with Crippen molar-refractivity contribution in [3.63, 3.8) is 0 Å². The molecule has 8 nitrogen and oxygen atoms in total. The van der Waals surface area contributed by atoms with Crippen LogP contribution < -0.4 is 10.6 Å². The number of carbonyl (C=O) groups is 3. The Kier molecular flexibility index (Phi) is 8.25. The van der Waals surface area contributed by atoms with Gasteiger partial charge in [0.15, 0.2) is 0 Å². The van der Waals surface area contributed by atoms with Crippen molar-refractivity contribution < 1.29 is 28.6 Å². The van der Waals surface area contributed by atoms with Gasteiger partial charge >= 0.3 is 18.0 Å². The Morgan fingerprint density at radius 3 is 2.21 bits per heavy atom. The van der Waals surface area contributed by atoms with Crippen LogP contribution in [0, 0.1) is 0 Å². The number of hydrogen-bond donors (Lipinski definition) is 2. The number of ether oxygens (including phenoxy) is 3. The lowest BCUT2D eigenvalue weighted by Crippen LogP contribution is -2.23. The summed E-state index contributed by atoms with van der Waals surface area (Å²) >= 11 is 0. The Morgan fingerprint density at radius 1 is 0.897 bits per heavy atom. The molecule has 0 saturated carbocycles. The Labute approximate surface area is 168 Å². The molecule has 2 N–H and O–H groups in total. The lowest BCUT2D eigenvalue weighted by atomic mass is 10.2. The number of amides is 1. The molecule has 0 aromatic heterocycles. The predicted octanol–water partition coefficient (Wildman–Crippen LogP) is 2.75. The second-order valence-electron chi connectivity index (χ2n) is 5.81. The Morgan fingerprint density at radius 2 is 1.59 bits per heavy atom. The summed E-state index contributed by atoms with van der Waals surface area (Å²) in [7, 11) is 2.42. The molecule has 0 aliphatic heterocycles. The molecule has 152 valence electrons. The second-order valence-corrected chi connectivity index (χ2v) is 5.81. The van der Waals surface area contributed by atoms with E-state index in [0.29, 0.717) is 5.69 Å². The molecule has 1 amide bonds. The van der Waals surface area contributed by atoms with E-state index in [1.807, 2.05) is 30.3 Å². The van der Waals surface area contributed by atoms with Crippen LogP contribution in [0.1, 0.15) is 11.1 Å². The van der Waals surface area contributed by atoms with Crippen molar-refractivity contribution >= 4 is 23.7 Å². The summed E-state index contributed by atoms with van der Waals surface area (Å²) in [6.07, 6.45) is 0.481. The van der Waals surface area contributed by atoms with E-state index in [1.165, 1.54) is 14.2 Å². The average molecular weight is 398 g/mol. The van der Waals surface area contributed by atoms with Crippen LogP contribution in [0.5, 0.6) is 0 Å². The first-order chi connectivity index (χ1) is 14.0. The summed E-state index contributed by atoms with van der Waals surface area (Å²) < 4.78 is 14.3. The lowest BCUT2D eigenvalue weighted by Gasteiger charge is -2.10. The van der Waals surface area contributed by atoms with Crippen LogP contribution in [-0.2, 0) is 37.0 Å². The van der Waals surface area contributed by atoms with Crippen LogP contribution >= 0.6 is 0 Å². The molecular weight excluding hydrogens is 376 g/mol. The molecule has 0 bridgehead atoms. The van der Waals surface area contributed by atoms with Gasteiger partial charge in [0.05, 0.1) is 20.3 Å². The van der Waals surface area contributed by atoms with Crippen molar-refractivity contribution in [2.45, 2.75) is 13.2 Å². The van der Waals surface area contributed by atoms with Gasteiger partial charge in [-0.2, -0.15) is 0 Å². The SMILES string of the molecule is COC(=O)/C=C(/Nc1ccc(CNC(=O)OCc2ccccc2)cc1)C(=O)OC. The Bertz CT molecular complexity index is 862. The first-order valence-corrected chi connectivity index (χ1v) is 8.70. The van der Waals surface area contributed by atoms with E-state index in [9.17, 15) is 14.4 Å². The summed E-state index contributed by atoms with van der Waals surface area (Å²) in [6.45, 7) is 0.466. The lowest BCUT2D eigenvalue weighted by molar-refractivity contribution is -0.138. The number of alkyl carbamates (subject to hydrolysis) is 1. The van der Waals surface area contributed by atoms with Crippen LogP contribution in [0.15, 0.2) is 66.4 Å². The summed E-state index contributed by atoms with van der Waals surface area (Å²) in [6, 6.07) is 16.3. The maximum absolute atomic E-state index is 11.8. The van der Waals surface area contributed by atoms with Gasteiger partial charge in [0, 0.05) is 12.2 Å². The standard InChI is InChI=1S/C21H22N2O6/c1-27-19(24)12-18(20(25)28-2)23-17-10-8-15(9-11-17)13-22-21(26)29-14-16-6-4-3-5-7-16/h3-12,23H,13-14H2,1-2H3,(H,22,26)/b18-12+. The highest BCUT2D eigenvalue weighted by atomic mass is 16.5. The predicted molar refractivity (Wildman–Crippen MR) is 106 cm³/mol. The van der Waals surface area contributed by atoms with Crippen molar-refractivity contribution in [1.29, 1.82) is 0 Å². The number of rotatable bonds is 8. The van der Waals surface area contributed by atoms with Gasteiger partial charge in [0.25, 0.3) is 0 Å². The minimum Gasteiger partial charge on any atom is -0.466 e. The monoisotopic (exact) mass is 398 g/mol. The molecule has 0 heterocycles. The van der Waals surface area contributed by atoms with Crippen LogP contribution in [0.25, 0.3) is 0 Å². The summed E-state index contributed by atoms with van der Waals surface area (Å²) in [5, 5.41) is 5.46. The maximum Gasteiger partial charge on any atom is 0.407 e. The first kappa shape index (κ1) is 21.5. The maximum atomic E-state index is 11.8. The van der Waals surface area contributed by atoms with E-state index < -0.39 is 18.0 Å². The second kappa shape index (κ2) is 11.1. The van der Waals surface area contributed by atoms with Gasteiger partial charge in [0.2, 0.25) is 0 Å². The highest BCUT2D eigenvalue weighted by molar-refractivity contribution is 5.98. The number of anilines is 1. The van der Waals surface area contributed by atoms with Crippen LogP contribution in [0.2, 0.25) is 0 Å². The fourth-order valence-corrected chi connectivity index (χ4v) is 2.24. The first-order valence-electron chi connectivity index (χ1n) is 8.70. The largest absolute Gasteiger partial charge is 0.466 e. The molecule has 2 rings (SSSR count). The van der Waals surface area contributed by atoms with Crippen LogP contribution in [0.3, 0.4) is 0 Å². The van der Waals surface area contributed by atoms with Crippen molar-refractivity contribution in [1.82, 2.24) is 5.32 Å². The molecule has 0 unspecified atom stereocenters. The van der Waals surface area contributed by atoms with Gasteiger partial charge in [-0.15, -0.1) is 0 Å². The number of carbonyl (C=O) groups excluding carboxylic acids is 3. The minimum atomic E-state index is -0.706. The van der Waals surface area contributed by atoms with Gasteiger partial charge in [-0.1, -0.05) is 42.5 Å². The van der Waals surface area contributed by atoms with Crippen molar-refractivity contribution in [3.05, 3.63) is 77.5 Å². The Balaban J connectivity index is 1.87. The smallest absolute Gasteiger partial charge is 0.407 e. The summed E-state index contributed by atoms with van der Waals surface area (Å²) in [5.74, 6) is -1.39. The molecule has 0 radical (unpaired) electrons. The third-order valence-electron chi connectivity index (χ3n) is 3.75. The fourth-order valence-electron chi connectivity index (χ4n) is 2.24. The average Bonchev–Trinajstić information content (AvgIpc) is 2.76. The molecule has 29 heavy (non-hydrogen) atoms. The molecule has 0 spiro atoms. The number of benzene rings is 2.